The molecule has 0 saturated carbocycles. The standard InChI is InChI=1S/C52H74O8/c1-9-17-21-35(13-5)31-57-49(53)43-29-44(50(54)58-32-36(14-6)22-18-10-2)40-27-28-42-46(52(56)60-34-38(16-8)24-20-12-4)30-45(41-26-25-39(43)47(40)48(41)42)51(55)59-33-37(15-7)23-19-11-3/h25-30,35-38H,9-24,31-34H2,1-8H3/t35-,36-,37-,38-/m0/s1. The molecule has 0 heterocycles. The summed E-state index contributed by atoms with van der Waals surface area (Å²) in [6.45, 7) is 18.1. The summed E-state index contributed by atoms with van der Waals surface area (Å²) in [5.74, 6) is -1.23. The van der Waals surface area contributed by atoms with Crippen molar-refractivity contribution < 1.29 is 38.1 Å². The molecular weight excluding hydrogens is 753 g/mol. The van der Waals surface area contributed by atoms with Crippen LogP contribution in [0.15, 0.2) is 36.4 Å². The van der Waals surface area contributed by atoms with Crippen molar-refractivity contribution >= 4 is 56.2 Å². The Hall–Kier alpha value is -4.20. The lowest BCUT2D eigenvalue weighted by molar-refractivity contribution is 0.0411. The predicted molar refractivity (Wildman–Crippen MR) is 244 cm³/mol. The molecule has 8 heteroatoms. The molecule has 0 amide bonds. The molecule has 0 fully saturated rings. The van der Waals surface area contributed by atoms with Crippen LogP contribution in [0.2, 0.25) is 0 Å². The van der Waals surface area contributed by atoms with E-state index < -0.39 is 23.9 Å². The maximum atomic E-state index is 14.2. The second-order valence-corrected chi connectivity index (χ2v) is 17.1. The summed E-state index contributed by atoms with van der Waals surface area (Å²) in [5, 5.41) is 3.47. The molecule has 0 N–H and O–H groups in total. The quantitative estimate of drug-likeness (QED) is 0.0317. The maximum absolute atomic E-state index is 14.2. The molecule has 0 aromatic heterocycles. The summed E-state index contributed by atoms with van der Waals surface area (Å²) in [6, 6.07) is 10.5. The first-order valence-corrected chi connectivity index (χ1v) is 23.6. The highest BCUT2D eigenvalue weighted by Crippen LogP contribution is 2.42. The Kier molecular flexibility index (Phi) is 20.1. The Morgan fingerprint density at radius 3 is 0.783 bits per heavy atom. The smallest absolute Gasteiger partial charge is 0.338 e. The van der Waals surface area contributed by atoms with Crippen molar-refractivity contribution in [2.75, 3.05) is 26.4 Å². The number of benzene rings is 4. The van der Waals surface area contributed by atoms with E-state index in [1.165, 1.54) is 0 Å². The molecule has 4 aromatic rings. The summed E-state index contributed by atoms with van der Waals surface area (Å²) >= 11 is 0. The first kappa shape index (κ1) is 48.5. The lowest BCUT2D eigenvalue weighted by Crippen LogP contribution is -2.18. The SMILES string of the molecule is CCCC[C@H](CC)COC(=O)c1cc(C(=O)OC[C@@H](CC)CCCC)c2ccc3c(C(=O)OC[C@@H](CC)CCCC)cc(C(=O)OC[C@@H](CC)CCCC)c4ccc1c2c43. The Labute approximate surface area is 360 Å². The third-order valence-corrected chi connectivity index (χ3v) is 12.8. The van der Waals surface area contributed by atoms with Crippen LogP contribution in [0.25, 0.3) is 32.3 Å². The fourth-order valence-corrected chi connectivity index (χ4v) is 8.35. The molecule has 0 bridgehead atoms. The zero-order valence-electron chi connectivity index (χ0n) is 38.2. The van der Waals surface area contributed by atoms with Crippen LogP contribution in [-0.2, 0) is 18.9 Å². The van der Waals surface area contributed by atoms with Crippen LogP contribution in [0.1, 0.15) is 200 Å². The van der Waals surface area contributed by atoms with Crippen LogP contribution in [0.3, 0.4) is 0 Å². The average Bonchev–Trinajstić information content (AvgIpc) is 3.27. The molecule has 0 aliphatic rings. The molecule has 0 aliphatic carbocycles. The lowest BCUT2D eigenvalue weighted by Gasteiger charge is -2.21. The van der Waals surface area contributed by atoms with Crippen LogP contribution >= 0.6 is 0 Å². The molecular formula is C52H74O8. The second-order valence-electron chi connectivity index (χ2n) is 17.1. The van der Waals surface area contributed by atoms with Crippen molar-refractivity contribution in [2.45, 2.75) is 158 Å². The fourth-order valence-electron chi connectivity index (χ4n) is 8.35. The van der Waals surface area contributed by atoms with Gasteiger partial charge in [0.2, 0.25) is 0 Å². The van der Waals surface area contributed by atoms with Gasteiger partial charge in [0.25, 0.3) is 0 Å². The highest BCUT2D eigenvalue weighted by atomic mass is 16.5. The number of carbonyl (C=O) groups excluding carboxylic acids is 4. The van der Waals surface area contributed by atoms with Crippen LogP contribution in [0, 0.1) is 23.7 Å². The third kappa shape index (κ3) is 12.4. The van der Waals surface area contributed by atoms with Crippen LogP contribution in [-0.4, -0.2) is 50.3 Å². The molecule has 4 atom stereocenters. The number of carbonyl (C=O) groups is 4. The molecule has 0 saturated heterocycles. The average molecular weight is 827 g/mol. The van der Waals surface area contributed by atoms with Crippen LogP contribution < -0.4 is 0 Å². The van der Waals surface area contributed by atoms with Crippen molar-refractivity contribution in [1.82, 2.24) is 0 Å². The zero-order chi connectivity index (χ0) is 43.6. The van der Waals surface area contributed by atoms with E-state index in [4.69, 9.17) is 18.9 Å². The van der Waals surface area contributed by atoms with E-state index in [2.05, 4.69) is 55.4 Å². The van der Waals surface area contributed by atoms with Gasteiger partial charge in [0, 0.05) is 0 Å². The van der Waals surface area contributed by atoms with Gasteiger partial charge in [-0.25, -0.2) is 19.2 Å². The van der Waals surface area contributed by atoms with Gasteiger partial charge in [0.05, 0.1) is 48.7 Å². The minimum Gasteiger partial charge on any atom is -0.462 e. The topological polar surface area (TPSA) is 105 Å². The van der Waals surface area contributed by atoms with Crippen LogP contribution in [0.4, 0.5) is 0 Å². The van der Waals surface area contributed by atoms with Crippen molar-refractivity contribution in [3.8, 4) is 0 Å². The highest BCUT2D eigenvalue weighted by molar-refractivity contribution is 6.32. The molecule has 60 heavy (non-hydrogen) atoms. The highest BCUT2D eigenvalue weighted by Gasteiger charge is 2.28. The predicted octanol–water partition coefficient (Wildman–Crippen LogP) is 14.1. The minimum absolute atomic E-state index is 0.220. The number of rotatable bonds is 28. The van der Waals surface area contributed by atoms with Gasteiger partial charge in [-0.05, 0) is 93.8 Å². The summed E-state index contributed by atoms with van der Waals surface area (Å²) < 4.78 is 24.1. The zero-order valence-corrected chi connectivity index (χ0v) is 38.2. The molecule has 0 spiro atoms. The molecule has 330 valence electrons. The summed E-state index contributed by atoms with van der Waals surface area (Å²) in [6.07, 6.45) is 15.8. The summed E-state index contributed by atoms with van der Waals surface area (Å²) in [5.41, 5.74) is 0.973. The van der Waals surface area contributed by atoms with Gasteiger partial charge in [-0.3, -0.25) is 0 Å². The largest absolute Gasteiger partial charge is 0.462 e. The Bertz CT molecular complexity index is 1710. The molecule has 0 radical (unpaired) electrons. The van der Waals surface area contributed by atoms with Gasteiger partial charge in [-0.2, -0.15) is 0 Å². The van der Waals surface area contributed by atoms with E-state index in [0.717, 1.165) is 103 Å². The van der Waals surface area contributed by atoms with Crippen molar-refractivity contribution in [3.63, 3.8) is 0 Å². The number of esters is 4. The van der Waals surface area contributed by atoms with Crippen molar-refractivity contribution in [1.29, 1.82) is 0 Å². The minimum atomic E-state index is -0.527. The van der Waals surface area contributed by atoms with Crippen LogP contribution in [0.5, 0.6) is 0 Å². The van der Waals surface area contributed by atoms with E-state index in [1.54, 1.807) is 12.1 Å². The van der Waals surface area contributed by atoms with E-state index >= 15 is 0 Å². The number of unbranched alkanes of at least 4 members (excludes halogenated alkanes) is 4. The Balaban J connectivity index is 1.95. The number of hydrogen-bond donors (Lipinski definition) is 0. The Morgan fingerprint density at radius 1 is 0.383 bits per heavy atom. The van der Waals surface area contributed by atoms with Crippen molar-refractivity contribution in [2.24, 2.45) is 23.7 Å². The van der Waals surface area contributed by atoms with Gasteiger partial charge in [-0.1, -0.05) is 157 Å². The molecule has 8 nitrogen and oxygen atoms in total. The van der Waals surface area contributed by atoms with E-state index in [0.29, 0.717) is 32.3 Å². The monoisotopic (exact) mass is 827 g/mol. The summed E-state index contributed by atoms with van der Waals surface area (Å²) in [7, 11) is 0. The van der Waals surface area contributed by atoms with E-state index in [1.807, 2.05) is 24.3 Å². The van der Waals surface area contributed by atoms with Gasteiger partial charge in [-0.15, -0.1) is 0 Å². The fraction of sp³-hybridized carbons (Fsp3) is 0.615. The molecule has 4 aromatic carbocycles. The first-order valence-electron chi connectivity index (χ1n) is 23.6. The maximum Gasteiger partial charge on any atom is 0.338 e. The second kappa shape index (κ2) is 24.9. The van der Waals surface area contributed by atoms with E-state index in [9.17, 15) is 19.2 Å². The Morgan fingerprint density at radius 2 is 0.600 bits per heavy atom. The number of ether oxygens (including phenoxy) is 4. The number of hydrogen-bond acceptors (Lipinski definition) is 8. The lowest BCUT2D eigenvalue weighted by atomic mass is 9.86. The van der Waals surface area contributed by atoms with Gasteiger partial charge >= 0.3 is 23.9 Å². The molecule has 0 aliphatic heterocycles. The third-order valence-electron chi connectivity index (χ3n) is 12.8. The van der Waals surface area contributed by atoms with Gasteiger partial charge < -0.3 is 18.9 Å². The molecule has 0 unspecified atom stereocenters. The van der Waals surface area contributed by atoms with Crippen molar-refractivity contribution in [3.05, 3.63) is 58.7 Å². The first-order chi connectivity index (χ1) is 29.1. The van der Waals surface area contributed by atoms with Gasteiger partial charge in [0.1, 0.15) is 0 Å². The van der Waals surface area contributed by atoms with Gasteiger partial charge in [0.15, 0.2) is 0 Å². The normalized spacial score (nSPS) is 13.7. The van der Waals surface area contributed by atoms with E-state index in [-0.39, 0.29) is 72.4 Å². The summed E-state index contributed by atoms with van der Waals surface area (Å²) in [4.78, 5) is 56.9. The molecule has 4 rings (SSSR count).